The van der Waals surface area contributed by atoms with Gasteiger partial charge in [-0.1, -0.05) is 42.9 Å². The summed E-state index contributed by atoms with van der Waals surface area (Å²) in [7, 11) is 0. The van der Waals surface area contributed by atoms with Crippen molar-refractivity contribution in [3.8, 4) is 0 Å². The van der Waals surface area contributed by atoms with Crippen molar-refractivity contribution in [2.45, 2.75) is 33.6 Å². The van der Waals surface area contributed by atoms with Gasteiger partial charge in [0.15, 0.2) is 10.9 Å². The third-order valence-electron chi connectivity index (χ3n) is 3.14. The summed E-state index contributed by atoms with van der Waals surface area (Å²) in [4.78, 5) is 19.2. The first-order valence-corrected chi connectivity index (χ1v) is 7.76. The molecule has 0 saturated carbocycles. The molecule has 20 heavy (non-hydrogen) atoms. The number of nitrogens with zero attached hydrogens (tertiary/aromatic N) is 2. The van der Waals surface area contributed by atoms with Gasteiger partial charge in [0.2, 0.25) is 0 Å². The number of aromatic nitrogens is 1. The van der Waals surface area contributed by atoms with Gasteiger partial charge in [0.05, 0.1) is 10.6 Å². The van der Waals surface area contributed by atoms with Crippen LogP contribution in [0, 0.1) is 6.92 Å². The molecule has 0 radical (unpaired) electrons. The number of anilines is 2. The summed E-state index contributed by atoms with van der Waals surface area (Å²) < 4.78 is 0. The smallest absolute Gasteiger partial charge is 0.190 e. The second kappa shape index (κ2) is 6.66. The number of Topliss-reactive ketones (excluding diaryl/α,β-unsaturated/α-hetero) is 1. The van der Waals surface area contributed by atoms with Gasteiger partial charge in [-0.15, -0.1) is 0 Å². The molecule has 0 saturated heterocycles. The summed E-state index contributed by atoms with van der Waals surface area (Å²) in [5, 5.41) is 0.910. The van der Waals surface area contributed by atoms with Gasteiger partial charge in [-0.25, -0.2) is 4.98 Å². The summed E-state index contributed by atoms with van der Waals surface area (Å²) in [5.74, 6) is 0.0924. The number of ketones is 1. The molecule has 0 spiro atoms. The van der Waals surface area contributed by atoms with E-state index >= 15 is 0 Å². The van der Waals surface area contributed by atoms with Crippen LogP contribution in [0.5, 0.6) is 0 Å². The zero-order valence-electron chi connectivity index (χ0n) is 12.2. The quantitative estimate of drug-likeness (QED) is 0.729. The van der Waals surface area contributed by atoms with Gasteiger partial charge in [-0.3, -0.25) is 4.79 Å². The first kappa shape index (κ1) is 14.7. The Bertz CT molecular complexity index is 577. The second-order valence-corrected chi connectivity index (χ2v) is 5.79. The number of para-hydroxylation sites is 1. The highest BCUT2D eigenvalue weighted by atomic mass is 32.1. The van der Waals surface area contributed by atoms with E-state index in [2.05, 4.69) is 28.9 Å². The lowest BCUT2D eigenvalue weighted by molar-refractivity contribution is 0.102. The van der Waals surface area contributed by atoms with Crippen molar-refractivity contribution < 1.29 is 4.79 Å². The van der Waals surface area contributed by atoms with E-state index in [1.54, 1.807) is 6.92 Å². The molecule has 2 aromatic rings. The Kier molecular flexibility index (Phi) is 4.90. The van der Waals surface area contributed by atoms with Crippen LogP contribution in [0.3, 0.4) is 0 Å². The number of hydrogen-bond acceptors (Lipinski definition) is 4. The van der Waals surface area contributed by atoms with Gasteiger partial charge < -0.3 is 4.90 Å². The van der Waals surface area contributed by atoms with E-state index in [1.807, 2.05) is 25.1 Å². The van der Waals surface area contributed by atoms with Crippen molar-refractivity contribution in [2.75, 3.05) is 11.4 Å². The topological polar surface area (TPSA) is 33.2 Å². The van der Waals surface area contributed by atoms with Crippen molar-refractivity contribution in [1.29, 1.82) is 0 Å². The maximum atomic E-state index is 11.6. The lowest BCUT2D eigenvalue weighted by atomic mass is 10.2. The molecule has 3 nitrogen and oxygen atoms in total. The van der Waals surface area contributed by atoms with Crippen LogP contribution >= 0.6 is 11.3 Å². The van der Waals surface area contributed by atoms with Crippen LogP contribution in [-0.4, -0.2) is 17.3 Å². The van der Waals surface area contributed by atoms with Crippen LogP contribution < -0.4 is 4.90 Å². The van der Waals surface area contributed by atoms with E-state index in [0.717, 1.165) is 40.8 Å². The van der Waals surface area contributed by atoms with Crippen molar-refractivity contribution in [3.63, 3.8) is 0 Å². The molecule has 1 heterocycles. The largest absolute Gasteiger partial charge is 0.318 e. The Morgan fingerprint density at radius 1 is 1.30 bits per heavy atom. The van der Waals surface area contributed by atoms with Gasteiger partial charge >= 0.3 is 0 Å². The maximum absolute atomic E-state index is 11.6. The molecular formula is C16H20N2OS. The molecule has 0 aliphatic carbocycles. The molecule has 0 atom stereocenters. The van der Waals surface area contributed by atoms with Crippen molar-refractivity contribution in [3.05, 3.63) is 40.9 Å². The first-order chi connectivity index (χ1) is 9.63. The third kappa shape index (κ3) is 3.25. The Morgan fingerprint density at radius 2 is 2.00 bits per heavy atom. The number of carbonyl (C=O) groups excluding carboxylic acids is 1. The van der Waals surface area contributed by atoms with Crippen LogP contribution in [0.4, 0.5) is 10.8 Å². The van der Waals surface area contributed by atoms with Crippen LogP contribution in [-0.2, 0) is 0 Å². The lowest BCUT2D eigenvalue weighted by Crippen LogP contribution is -2.18. The number of thiazole rings is 1. The fraction of sp³-hybridized carbons (Fsp3) is 0.375. The minimum atomic E-state index is 0.0924. The fourth-order valence-corrected chi connectivity index (χ4v) is 3.09. The van der Waals surface area contributed by atoms with Crippen LogP contribution in [0.25, 0.3) is 0 Å². The molecule has 0 amide bonds. The number of unbranched alkanes of at least 4 members (excludes halogenated alkanes) is 1. The van der Waals surface area contributed by atoms with Gasteiger partial charge in [0.25, 0.3) is 0 Å². The molecule has 0 unspecified atom stereocenters. The number of carbonyl (C=O) groups is 1. The van der Waals surface area contributed by atoms with E-state index in [4.69, 9.17) is 0 Å². The third-order valence-corrected chi connectivity index (χ3v) is 4.42. The molecule has 0 N–H and O–H groups in total. The predicted molar refractivity (Wildman–Crippen MR) is 85.2 cm³/mol. The summed E-state index contributed by atoms with van der Waals surface area (Å²) >= 11 is 1.49. The molecule has 1 aromatic carbocycles. The van der Waals surface area contributed by atoms with Crippen LogP contribution in [0.1, 0.15) is 42.1 Å². The van der Waals surface area contributed by atoms with Crippen LogP contribution in [0.15, 0.2) is 30.3 Å². The highest BCUT2D eigenvalue weighted by Crippen LogP contribution is 2.32. The fourth-order valence-electron chi connectivity index (χ4n) is 2.08. The first-order valence-electron chi connectivity index (χ1n) is 6.94. The highest BCUT2D eigenvalue weighted by Gasteiger charge is 2.17. The van der Waals surface area contributed by atoms with E-state index in [-0.39, 0.29) is 5.78 Å². The van der Waals surface area contributed by atoms with Crippen molar-refractivity contribution in [2.24, 2.45) is 0 Å². The highest BCUT2D eigenvalue weighted by molar-refractivity contribution is 7.17. The Balaban J connectivity index is 2.36. The SMILES string of the molecule is CCCCN(c1ccccc1)c1nc(C)c(C(C)=O)s1. The molecule has 1 aromatic heterocycles. The van der Waals surface area contributed by atoms with E-state index < -0.39 is 0 Å². The standard InChI is InChI=1S/C16H20N2OS/c1-4-5-11-18(14-9-7-6-8-10-14)16-17-12(2)15(20-16)13(3)19/h6-10H,4-5,11H2,1-3H3. The lowest BCUT2D eigenvalue weighted by Gasteiger charge is -2.21. The van der Waals surface area contributed by atoms with Gasteiger partial charge in [-0.05, 0) is 25.5 Å². The molecule has 0 aliphatic rings. The summed E-state index contributed by atoms with van der Waals surface area (Å²) in [6.07, 6.45) is 2.23. The minimum absolute atomic E-state index is 0.0924. The Hall–Kier alpha value is -1.68. The summed E-state index contributed by atoms with van der Waals surface area (Å²) in [6, 6.07) is 10.2. The number of aryl methyl sites for hydroxylation is 1. The zero-order chi connectivity index (χ0) is 14.5. The molecule has 2 rings (SSSR count). The van der Waals surface area contributed by atoms with Gasteiger partial charge in [0.1, 0.15) is 0 Å². The normalized spacial score (nSPS) is 10.6. The summed E-state index contributed by atoms with van der Waals surface area (Å²) in [6.45, 7) is 6.60. The van der Waals surface area contributed by atoms with Crippen molar-refractivity contribution >= 4 is 27.9 Å². The zero-order valence-corrected chi connectivity index (χ0v) is 13.0. The molecule has 106 valence electrons. The molecule has 4 heteroatoms. The Labute approximate surface area is 124 Å². The van der Waals surface area contributed by atoms with E-state index in [1.165, 1.54) is 11.3 Å². The van der Waals surface area contributed by atoms with Gasteiger partial charge in [-0.2, -0.15) is 0 Å². The number of rotatable bonds is 6. The number of hydrogen-bond donors (Lipinski definition) is 0. The molecule has 0 bridgehead atoms. The molecule has 0 fully saturated rings. The van der Waals surface area contributed by atoms with Crippen molar-refractivity contribution in [1.82, 2.24) is 4.98 Å². The second-order valence-electron chi connectivity index (χ2n) is 4.81. The predicted octanol–water partition coefficient (Wildman–Crippen LogP) is 4.59. The molecule has 0 aliphatic heterocycles. The van der Waals surface area contributed by atoms with E-state index in [0.29, 0.717) is 0 Å². The average Bonchev–Trinajstić information content (AvgIpc) is 2.82. The monoisotopic (exact) mass is 288 g/mol. The average molecular weight is 288 g/mol. The Morgan fingerprint density at radius 3 is 2.55 bits per heavy atom. The van der Waals surface area contributed by atoms with Gasteiger partial charge in [0, 0.05) is 19.2 Å². The number of benzene rings is 1. The summed E-state index contributed by atoms with van der Waals surface area (Å²) in [5.41, 5.74) is 1.96. The molecular weight excluding hydrogens is 268 g/mol. The maximum Gasteiger partial charge on any atom is 0.190 e. The van der Waals surface area contributed by atoms with E-state index in [9.17, 15) is 4.79 Å². The minimum Gasteiger partial charge on any atom is -0.318 e. The van der Waals surface area contributed by atoms with Crippen LogP contribution in [0.2, 0.25) is 0 Å².